The van der Waals surface area contributed by atoms with Gasteiger partial charge in [-0.1, -0.05) is 34.9 Å². The van der Waals surface area contributed by atoms with Crippen LogP contribution < -0.4 is 5.32 Å². The predicted molar refractivity (Wildman–Crippen MR) is 92.2 cm³/mol. The van der Waals surface area contributed by atoms with Crippen molar-refractivity contribution in [1.82, 2.24) is 20.4 Å². The Morgan fingerprint density at radius 2 is 2.04 bits per heavy atom. The number of thioether (sulfide) groups is 2. The summed E-state index contributed by atoms with van der Waals surface area (Å²) in [5.41, 5.74) is 0. The van der Waals surface area contributed by atoms with Crippen molar-refractivity contribution in [1.29, 1.82) is 0 Å². The van der Waals surface area contributed by atoms with E-state index in [1.54, 1.807) is 23.6 Å². The molecule has 2 amide bonds. The maximum Gasteiger partial charge on any atom is 0.409 e. The molecule has 0 spiro atoms. The number of piperidine rings is 1. The van der Waals surface area contributed by atoms with Crippen molar-refractivity contribution in [3.8, 4) is 0 Å². The van der Waals surface area contributed by atoms with Crippen LogP contribution >= 0.6 is 34.9 Å². The van der Waals surface area contributed by atoms with Crippen LogP contribution in [0.15, 0.2) is 8.68 Å². The molecule has 0 bridgehead atoms. The van der Waals surface area contributed by atoms with Gasteiger partial charge in [0.2, 0.25) is 5.91 Å². The summed E-state index contributed by atoms with van der Waals surface area (Å²) in [5.74, 6) is 0.326. The van der Waals surface area contributed by atoms with Gasteiger partial charge < -0.3 is 15.0 Å². The maximum absolute atomic E-state index is 12.0. The average Bonchev–Trinajstić information content (AvgIpc) is 3.02. The van der Waals surface area contributed by atoms with Crippen molar-refractivity contribution in [2.45, 2.75) is 34.5 Å². The lowest BCUT2D eigenvalue weighted by Crippen LogP contribution is -2.47. The highest BCUT2D eigenvalue weighted by Gasteiger charge is 2.24. The molecule has 0 aromatic carbocycles. The molecule has 1 N–H and O–H groups in total. The molecular formula is C13H20N4O3S3. The molecule has 1 aromatic heterocycles. The molecule has 1 aromatic rings. The molecule has 0 saturated carbocycles. The quantitative estimate of drug-likeness (QED) is 0.761. The van der Waals surface area contributed by atoms with E-state index in [0.29, 0.717) is 25.4 Å². The smallest absolute Gasteiger partial charge is 0.409 e. The molecule has 0 aliphatic carbocycles. The lowest BCUT2D eigenvalue weighted by atomic mass is 10.1. The standard InChI is InChI=1S/C13H20N4O3S3/c1-3-20-13(19)17-6-4-9(5-7-17)14-10(18)8-22-12-16-15-11(21-2)23-12/h9H,3-8H2,1-2H3,(H,14,18). The van der Waals surface area contributed by atoms with E-state index in [1.165, 1.54) is 23.1 Å². The molecule has 1 aliphatic rings. The van der Waals surface area contributed by atoms with Crippen molar-refractivity contribution in [2.24, 2.45) is 0 Å². The fourth-order valence-electron chi connectivity index (χ4n) is 2.16. The SMILES string of the molecule is CCOC(=O)N1CCC(NC(=O)CSc2nnc(SC)s2)CC1. The number of carbonyl (C=O) groups is 2. The minimum Gasteiger partial charge on any atom is -0.450 e. The van der Waals surface area contributed by atoms with Gasteiger partial charge >= 0.3 is 6.09 Å². The second-order valence-electron chi connectivity index (χ2n) is 4.85. The van der Waals surface area contributed by atoms with Gasteiger partial charge in [-0.05, 0) is 26.0 Å². The number of amides is 2. The lowest BCUT2D eigenvalue weighted by molar-refractivity contribution is -0.119. The summed E-state index contributed by atoms with van der Waals surface area (Å²) in [6, 6.07) is 0.116. The Labute approximate surface area is 147 Å². The highest BCUT2D eigenvalue weighted by molar-refractivity contribution is 8.03. The Morgan fingerprint density at radius 1 is 1.35 bits per heavy atom. The highest BCUT2D eigenvalue weighted by atomic mass is 32.2. The molecule has 1 saturated heterocycles. The van der Waals surface area contributed by atoms with E-state index in [4.69, 9.17) is 4.74 Å². The summed E-state index contributed by atoms with van der Waals surface area (Å²) in [4.78, 5) is 25.3. The molecular weight excluding hydrogens is 356 g/mol. The van der Waals surface area contributed by atoms with Crippen molar-refractivity contribution in [2.75, 3.05) is 31.7 Å². The van der Waals surface area contributed by atoms with Crippen molar-refractivity contribution in [3.63, 3.8) is 0 Å². The minimum atomic E-state index is -0.270. The first-order valence-corrected chi connectivity index (χ1v) is 10.4. The summed E-state index contributed by atoms with van der Waals surface area (Å²) in [7, 11) is 0. The third kappa shape index (κ3) is 5.85. The van der Waals surface area contributed by atoms with Gasteiger partial charge in [-0.25, -0.2) is 4.79 Å². The number of nitrogens with one attached hydrogen (secondary N) is 1. The minimum absolute atomic E-state index is 0.00881. The topological polar surface area (TPSA) is 84.4 Å². The van der Waals surface area contributed by atoms with Crippen LogP contribution in [-0.4, -0.2) is 64.8 Å². The molecule has 1 fully saturated rings. The van der Waals surface area contributed by atoms with E-state index in [9.17, 15) is 9.59 Å². The molecule has 23 heavy (non-hydrogen) atoms. The molecule has 2 rings (SSSR count). The van der Waals surface area contributed by atoms with Crippen molar-refractivity contribution >= 4 is 46.9 Å². The molecule has 2 heterocycles. The van der Waals surface area contributed by atoms with Crippen LogP contribution in [0.3, 0.4) is 0 Å². The summed E-state index contributed by atoms with van der Waals surface area (Å²) in [5, 5.41) is 11.0. The summed E-state index contributed by atoms with van der Waals surface area (Å²) in [6.45, 7) is 3.41. The van der Waals surface area contributed by atoms with Gasteiger partial charge in [0.25, 0.3) is 0 Å². The van der Waals surface area contributed by atoms with E-state index in [-0.39, 0.29) is 18.0 Å². The molecule has 0 radical (unpaired) electrons. The van der Waals surface area contributed by atoms with Crippen LogP contribution in [0, 0.1) is 0 Å². The summed E-state index contributed by atoms with van der Waals surface area (Å²) >= 11 is 4.44. The van der Waals surface area contributed by atoms with Crippen LogP contribution in [0.1, 0.15) is 19.8 Å². The molecule has 10 heteroatoms. The first kappa shape index (κ1) is 18.3. The number of ether oxygens (including phenoxy) is 1. The Hall–Kier alpha value is -1.000. The van der Waals surface area contributed by atoms with Gasteiger partial charge in [0.05, 0.1) is 12.4 Å². The zero-order valence-corrected chi connectivity index (χ0v) is 15.6. The van der Waals surface area contributed by atoms with Gasteiger partial charge in [-0.3, -0.25) is 4.79 Å². The highest BCUT2D eigenvalue weighted by Crippen LogP contribution is 2.27. The fourth-order valence-corrected chi connectivity index (χ4v) is 4.41. The van der Waals surface area contributed by atoms with E-state index in [0.717, 1.165) is 21.5 Å². The van der Waals surface area contributed by atoms with E-state index < -0.39 is 0 Å². The van der Waals surface area contributed by atoms with Gasteiger partial charge in [0, 0.05) is 19.1 Å². The number of aromatic nitrogens is 2. The number of hydrogen-bond acceptors (Lipinski definition) is 8. The number of nitrogens with zero attached hydrogens (tertiary/aromatic N) is 3. The van der Waals surface area contributed by atoms with E-state index in [2.05, 4.69) is 15.5 Å². The summed E-state index contributed by atoms with van der Waals surface area (Å²) < 4.78 is 6.69. The third-order valence-electron chi connectivity index (χ3n) is 3.28. The zero-order chi connectivity index (χ0) is 16.7. The Morgan fingerprint density at radius 3 is 2.65 bits per heavy atom. The maximum atomic E-state index is 12.0. The fraction of sp³-hybridized carbons (Fsp3) is 0.692. The van der Waals surface area contributed by atoms with Gasteiger partial charge in [0.1, 0.15) is 0 Å². The van der Waals surface area contributed by atoms with Crippen LogP contribution in [0.5, 0.6) is 0 Å². The second-order valence-corrected chi connectivity index (χ2v) is 8.11. The van der Waals surface area contributed by atoms with E-state index >= 15 is 0 Å². The van der Waals surface area contributed by atoms with Crippen molar-refractivity contribution in [3.05, 3.63) is 0 Å². The molecule has 0 atom stereocenters. The predicted octanol–water partition coefficient (Wildman–Crippen LogP) is 2.09. The second kappa shape index (κ2) is 9.33. The Balaban J connectivity index is 1.67. The first-order valence-electron chi connectivity index (χ1n) is 7.33. The molecule has 1 aliphatic heterocycles. The van der Waals surface area contributed by atoms with Gasteiger partial charge in [-0.2, -0.15) is 0 Å². The third-order valence-corrected chi connectivity index (χ3v) is 6.31. The van der Waals surface area contributed by atoms with Crippen LogP contribution in [0.4, 0.5) is 4.79 Å². The Kier molecular flexibility index (Phi) is 7.44. The monoisotopic (exact) mass is 376 g/mol. The van der Waals surface area contributed by atoms with Gasteiger partial charge in [0.15, 0.2) is 8.68 Å². The normalized spacial score (nSPS) is 15.5. The van der Waals surface area contributed by atoms with Crippen molar-refractivity contribution < 1.29 is 14.3 Å². The first-order chi connectivity index (χ1) is 11.1. The zero-order valence-electron chi connectivity index (χ0n) is 13.1. The van der Waals surface area contributed by atoms with Crippen LogP contribution in [0.25, 0.3) is 0 Å². The number of likely N-dealkylation sites (tertiary alicyclic amines) is 1. The Bertz CT molecular complexity index is 532. The molecule has 128 valence electrons. The van der Waals surface area contributed by atoms with Crippen LogP contribution in [0.2, 0.25) is 0 Å². The number of carbonyl (C=O) groups excluding carboxylic acids is 2. The average molecular weight is 377 g/mol. The molecule has 7 nitrogen and oxygen atoms in total. The largest absolute Gasteiger partial charge is 0.450 e. The number of hydrogen-bond donors (Lipinski definition) is 1. The lowest BCUT2D eigenvalue weighted by Gasteiger charge is -2.31. The summed E-state index contributed by atoms with van der Waals surface area (Å²) in [6.07, 6.45) is 3.19. The van der Waals surface area contributed by atoms with Gasteiger partial charge in [-0.15, -0.1) is 10.2 Å². The number of rotatable bonds is 6. The van der Waals surface area contributed by atoms with Crippen LogP contribution in [-0.2, 0) is 9.53 Å². The van der Waals surface area contributed by atoms with E-state index in [1.807, 2.05) is 6.26 Å². The molecule has 0 unspecified atom stereocenters.